The molecule has 0 saturated heterocycles. The van der Waals surface area contributed by atoms with E-state index in [1.54, 1.807) is 0 Å². The van der Waals surface area contributed by atoms with E-state index >= 15 is 0 Å². The second-order valence-electron chi connectivity index (χ2n) is 5.08. The Bertz CT molecular complexity index is 546. The Kier molecular flexibility index (Phi) is 3.01. The molecule has 5 nitrogen and oxygen atoms in total. The number of carbonyl (C=O) groups is 1. The molecule has 1 aromatic carbocycles. The molecule has 0 bridgehead atoms. The lowest BCUT2D eigenvalue weighted by Gasteiger charge is -2.10. The van der Waals surface area contributed by atoms with Crippen molar-refractivity contribution in [3.63, 3.8) is 0 Å². The average molecular weight is 284 g/mol. The second kappa shape index (κ2) is 4.59. The molecule has 0 aromatic heterocycles. The van der Waals surface area contributed by atoms with Gasteiger partial charge in [-0.3, -0.25) is 4.79 Å². The van der Waals surface area contributed by atoms with Crippen molar-refractivity contribution in [2.75, 3.05) is 5.32 Å². The minimum atomic E-state index is -3.65. The van der Waals surface area contributed by atoms with Gasteiger partial charge >= 0.3 is 6.29 Å². The second-order valence-corrected chi connectivity index (χ2v) is 5.08. The van der Waals surface area contributed by atoms with Gasteiger partial charge in [-0.2, -0.15) is 0 Å². The van der Waals surface area contributed by atoms with Crippen LogP contribution in [0.25, 0.3) is 0 Å². The highest BCUT2D eigenvalue weighted by Crippen LogP contribution is 2.42. The van der Waals surface area contributed by atoms with Crippen molar-refractivity contribution < 1.29 is 23.0 Å². The molecule has 0 radical (unpaired) electrons. The fourth-order valence-corrected chi connectivity index (χ4v) is 2.14. The van der Waals surface area contributed by atoms with Gasteiger partial charge in [0, 0.05) is 24.2 Å². The summed E-state index contributed by atoms with van der Waals surface area (Å²) in [7, 11) is 0. The number of ether oxygens (including phenoxy) is 2. The van der Waals surface area contributed by atoms with Crippen molar-refractivity contribution in [2.45, 2.75) is 31.6 Å². The maximum absolute atomic E-state index is 12.9. The smallest absolute Gasteiger partial charge is 0.395 e. The van der Waals surface area contributed by atoms with Gasteiger partial charge in [0.1, 0.15) is 0 Å². The SMILES string of the molecule is NC(CC(=O)Nc1ccc2c(c1)OC(F)(F)O2)C1CC1. The Hall–Kier alpha value is -1.89. The van der Waals surface area contributed by atoms with E-state index in [1.165, 1.54) is 18.2 Å². The first-order chi connectivity index (χ1) is 9.43. The van der Waals surface area contributed by atoms with Gasteiger partial charge in [0.05, 0.1) is 0 Å². The molecule has 108 valence electrons. The van der Waals surface area contributed by atoms with Gasteiger partial charge in [-0.15, -0.1) is 8.78 Å². The predicted octanol–water partition coefficient (Wildman–Crippen LogP) is 2.07. The van der Waals surface area contributed by atoms with Gasteiger partial charge in [0.15, 0.2) is 11.5 Å². The van der Waals surface area contributed by atoms with E-state index in [4.69, 9.17) is 5.73 Å². The van der Waals surface area contributed by atoms with Crippen LogP contribution < -0.4 is 20.5 Å². The summed E-state index contributed by atoms with van der Waals surface area (Å²) >= 11 is 0. The molecule has 1 atom stereocenters. The van der Waals surface area contributed by atoms with Crippen molar-refractivity contribution in [3.05, 3.63) is 18.2 Å². The van der Waals surface area contributed by atoms with E-state index in [1.807, 2.05) is 0 Å². The number of halogens is 2. The fourth-order valence-electron chi connectivity index (χ4n) is 2.14. The van der Waals surface area contributed by atoms with E-state index in [9.17, 15) is 13.6 Å². The van der Waals surface area contributed by atoms with Crippen molar-refractivity contribution in [1.29, 1.82) is 0 Å². The lowest BCUT2D eigenvalue weighted by molar-refractivity contribution is -0.286. The summed E-state index contributed by atoms with van der Waals surface area (Å²) in [6.07, 6.45) is -1.31. The zero-order valence-electron chi connectivity index (χ0n) is 10.6. The van der Waals surface area contributed by atoms with Crippen LogP contribution in [0.1, 0.15) is 19.3 Å². The monoisotopic (exact) mass is 284 g/mol. The van der Waals surface area contributed by atoms with E-state index in [0.29, 0.717) is 11.6 Å². The number of benzene rings is 1. The van der Waals surface area contributed by atoms with Crippen LogP contribution in [0.5, 0.6) is 11.5 Å². The van der Waals surface area contributed by atoms with E-state index in [-0.39, 0.29) is 29.9 Å². The van der Waals surface area contributed by atoms with Crippen LogP contribution in [0.4, 0.5) is 14.5 Å². The third-order valence-electron chi connectivity index (χ3n) is 3.33. The topological polar surface area (TPSA) is 73.6 Å². The summed E-state index contributed by atoms with van der Waals surface area (Å²) < 4.78 is 34.3. The molecule has 3 rings (SSSR count). The van der Waals surface area contributed by atoms with E-state index in [0.717, 1.165) is 12.8 Å². The van der Waals surface area contributed by atoms with Crippen LogP contribution in [0.3, 0.4) is 0 Å². The van der Waals surface area contributed by atoms with Crippen LogP contribution in [0.2, 0.25) is 0 Å². The first kappa shape index (κ1) is 13.1. The summed E-state index contributed by atoms with van der Waals surface area (Å²) in [5.41, 5.74) is 6.23. The third-order valence-corrected chi connectivity index (χ3v) is 3.33. The van der Waals surface area contributed by atoms with Gasteiger partial charge < -0.3 is 20.5 Å². The standard InChI is InChI=1S/C13H14F2N2O3/c14-13(15)19-10-4-3-8(5-11(10)20-13)17-12(18)6-9(16)7-1-2-7/h3-5,7,9H,1-2,6,16H2,(H,17,18). The van der Waals surface area contributed by atoms with Gasteiger partial charge in [-0.25, -0.2) is 0 Å². The van der Waals surface area contributed by atoms with Crippen LogP contribution in [0.15, 0.2) is 18.2 Å². The first-order valence-electron chi connectivity index (χ1n) is 6.38. The quantitative estimate of drug-likeness (QED) is 0.887. The number of rotatable bonds is 4. The van der Waals surface area contributed by atoms with Gasteiger partial charge in [0.25, 0.3) is 0 Å². The van der Waals surface area contributed by atoms with Crippen molar-refractivity contribution in [1.82, 2.24) is 0 Å². The number of fused-ring (bicyclic) bond motifs is 1. The predicted molar refractivity (Wildman–Crippen MR) is 66.6 cm³/mol. The molecule has 1 fully saturated rings. The number of hydrogen-bond acceptors (Lipinski definition) is 4. The molecule has 1 aromatic rings. The summed E-state index contributed by atoms with van der Waals surface area (Å²) in [6, 6.07) is 3.96. The third kappa shape index (κ3) is 2.82. The molecule has 1 unspecified atom stereocenters. The fraction of sp³-hybridized carbons (Fsp3) is 0.462. The molecular weight excluding hydrogens is 270 g/mol. The average Bonchev–Trinajstić information content (AvgIpc) is 3.11. The molecule has 1 heterocycles. The van der Waals surface area contributed by atoms with Gasteiger partial charge in [0.2, 0.25) is 5.91 Å². The highest BCUT2D eigenvalue weighted by Gasteiger charge is 2.43. The molecule has 7 heteroatoms. The molecular formula is C13H14F2N2O3. The molecule has 2 aliphatic rings. The van der Waals surface area contributed by atoms with Crippen LogP contribution in [-0.4, -0.2) is 18.2 Å². The van der Waals surface area contributed by atoms with Crippen molar-refractivity contribution >= 4 is 11.6 Å². The Balaban J connectivity index is 1.62. The normalized spacial score (nSPS) is 20.6. The zero-order valence-corrected chi connectivity index (χ0v) is 10.6. The van der Waals surface area contributed by atoms with Crippen molar-refractivity contribution in [2.24, 2.45) is 11.7 Å². The largest absolute Gasteiger partial charge is 0.586 e. The zero-order chi connectivity index (χ0) is 14.3. The number of carbonyl (C=O) groups excluding carboxylic acids is 1. The molecule has 1 saturated carbocycles. The molecule has 20 heavy (non-hydrogen) atoms. The lowest BCUT2D eigenvalue weighted by Crippen LogP contribution is -2.28. The number of hydrogen-bond donors (Lipinski definition) is 2. The summed E-state index contributed by atoms with van der Waals surface area (Å²) in [4.78, 5) is 11.8. The lowest BCUT2D eigenvalue weighted by atomic mass is 10.1. The maximum Gasteiger partial charge on any atom is 0.586 e. The van der Waals surface area contributed by atoms with Gasteiger partial charge in [-0.05, 0) is 30.9 Å². The number of nitrogens with one attached hydrogen (secondary N) is 1. The summed E-state index contributed by atoms with van der Waals surface area (Å²) in [5.74, 6) is 0.0354. The van der Waals surface area contributed by atoms with Gasteiger partial charge in [-0.1, -0.05) is 0 Å². The Morgan fingerprint density at radius 3 is 2.80 bits per heavy atom. The van der Waals surface area contributed by atoms with E-state index in [2.05, 4.69) is 14.8 Å². The van der Waals surface area contributed by atoms with E-state index < -0.39 is 6.29 Å². The minimum absolute atomic E-state index is 0.0531. The summed E-state index contributed by atoms with van der Waals surface area (Å²) in [5, 5.41) is 2.61. The Labute approximate surface area is 114 Å². The first-order valence-corrected chi connectivity index (χ1v) is 6.38. The van der Waals surface area contributed by atoms with Crippen LogP contribution in [0, 0.1) is 5.92 Å². The number of anilines is 1. The van der Waals surface area contributed by atoms with Crippen LogP contribution >= 0.6 is 0 Å². The molecule has 1 amide bonds. The Morgan fingerprint density at radius 1 is 1.40 bits per heavy atom. The Morgan fingerprint density at radius 2 is 2.10 bits per heavy atom. The molecule has 3 N–H and O–H groups in total. The molecule has 0 spiro atoms. The minimum Gasteiger partial charge on any atom is -0.395 e. The maximum atomic E-state index is 12.9. The molecule has 1 aliphatic heterocycles. The number of amides is 1. The van der Waals surface area contributed by atoms with Crippen LogP contribution in [-0.2, 0) is 4.79 Å². The highest BCUT2D eigenvalue weighted by molar-refractivity contribution is 5.91. The summed E-state index contributed by atoms with van der Waals surface area (Å²) in [6.45, 7) is 0. The number of alkyl halides is 2. The molecule has 1 aliphatic carbocycles. The highest BCUT2D eigenvalue weighted by atomic mass is 19.3. The van der Waals surface area contributed by atoms with Crippen molar-refractivity contribution in [3.8, 4) is 11.5 Å². The number of nitrogens with two attached hydrogens (primary N) is 1.